The van der Waals surface area contributed by atoms with Crippen LogP contribution in [-0.2, 0) is 14.3 Å². The predicted molar refractivity (Wildman–Crippen MR) is 103 cm³/mol. The second-order valence-electron chi connectivity index (χ2n) is 6.39. The molecule has 0 spiro atoms. The van der Waals surface area contributed by atoms with E-state index in [0.29, 0.717) is 5.57 Å². The van der Waals surface area contributed by atoms with Gasteiger partial charge in [0.05, 0.1) is 11.6 Å². The number of hydrogen-bond acceptors (Lipinski definition) is 4. The fourth-order valence-corrected chi connectivity index (χ4v) is 2.99. The molecule has 0 radical (unpaired) electrons. The van der Waals surface area contributed by atoms with Gasteiger partial charge in [-0.1, -0.05) is 61.9 Å². The van der Waals surface area contributed by atoms with Crippen LogP contribution in [-0.4, -0.2) is 25.1 Å². The average molecular weight is 365 g/mol. The number of carbonyl (C=O) groups is 2. The molecule has 0 unspecified atom stereocenters. The average Bonchev–Trinajstić information content (AvgIpc) is 2.72. The number of rotatable bonds is 7. The van der Waals surface area contributed by atoms with Gasteiger partial charge in [-0.15, -0.1) is 0 Å². The van der Waals surface area contributed by atoms with E-state index in [2.05, 4.69) is 12.2 Å². The molecular formula is C22H23NO4. The smallest absolute Gasteiger partial charge is 0.338 e. The van der Waals surface area contributed by atoms with Crippen molar-refractivity contribution in [2.75, 3.05) is 13.2 Å². The maximum Gasteiger partial charge on any atom is 0.338 e. The highest BCUT2D eigenvalue weighted by Gasteiger charge is 2.20. The van der Waals surface area contributed by atoms with Crippen LogP contribution in [0.2, 0.25) is 0 Å². The number of ether oxygens (including phenoxy) is 2. The fourth-order valence-electron chi connectivity index (χ4n) is 2.99. The van der Waals surface area contributed by atoms with Gasteiger partial charge in [-0.3, -0.25) is 4.79 Å². The summed E-state index contributed by atoms with van der Waals surface area (Å²) in [7, 11) is 0. The zero-order chi connectivity index (χ0) is 19.1. The molecule has 1 amide bonds. The van der Waals surface area contributed by atoms with Gasteiger partial charge in [0.25, 0.3) is 5.91 Å². The zero-order valence-corrected chi connectivity index (χ0v) is 15.3. The Hall–Kier alpha value is -3.08. The van der Waals surface area contributed by atoms with Crippen LogP contribution in [0.25, 0.3) is 6.08 Å². The van der Waals surface area contributed by atoms with E-state index in [0.717, 1.165) is 29.7 Å². The Labute approximate surface area is 159 Å². The third kappa shape index (κ3) is 4.97. The molecule has 5 heteroatoms. The highest BCUT2D eigenvalue weighted by atomic mass is 16.5. The van der Waals surface area contributed by atoms with E-state index >= 15 is 0 Å². The van der Waals surface area contributed by atoms with Crippen molar-refractivity contribution in [2.45, 2.75) is 25.8 Å². The Morgan fingerprint density at radius 2 is 1.85 bits per heavy atom. The van der Waals surface area contributed by atoms with Crippen LogP contribution < -0.4 is 10.1 Å². The van der Waals surface area contributed by atoms with Crippen molar-refractivity contribution < 1.29 is 19.1 Å². The second kappa shape index (κ2) is 9.03. The van der Waals surface area contributed by atoms with Crippen LogP contribution in [0.5, 0.6) is 5.75 Å². The number of fused-ring (bicyclic) bond motifs is 1. The van der Waals surface area contributed by atoms with Crippen LogP contribution >= 0.6 is 0 Å². The predicted octanol–water partition coefficient (Wildman–Crippen LogP) is 3.66. The molecule has 1 aliphatic rings. The topological polar surface area (TPSA) is 64.6 Å². The minimum absolute atomic E-state index is 0.0912. The summed E-state index contributed by atoms with van der Waals surface area (Å²) in [6.45, 7) is 1.89. The zero-order valence-electron chi connectivity index (χ0n) is 15.3. The third-order valence-corrected chi connectivity index (χ3v) is 4.34. The van der Waals surface area contributed by atoms with E-state index in [1.165, 1.54) is 0 Å². The van der Waals surface area contributed by atoms with E-state index in [4.69, 9.17) is 9.47 Å². The molecule has 1 atom stereocenters. The SMILES string of the molecule is CCC[C@H](NC(=O)COC(=O)C1=Cc2ccccc2OC1)c1ccccc1. The molecule has 1 N–H and O–H groups in total. The van der Waals surface area contributed by atoms with Crippen molar-refractivity contribution in [3.05, 3.63) is 71.3 Å². The van der Waals surface area contributed by atoms with Crippen LogP contribution in [0.15, 0.2) is 60.2 Å². The highest BCUT2D eigenvalue weighted by Crippen LogP contribution is 2.26. The van der Waals surface area contributed by atoms with E-state index in [9.17, 15) is 9.59 Å². The lowest BCUT2D eigenvalue weighted by atomic mass is 10.0. The molecule has 2 aromatic carbocycles. The summed E-state index contributed by atoms with van der Waals surface area (Å²) in [5, 5.41) is 2.94. The van der Waals surface area contributed by atoms with Gasteiger partial charge in [-0.2, -0.15) is 0 Å². The number of esters is 1. The molecule has 1 heterocycles. The lowest BCUT2D eigenvalue weighted by Crippen LogP contribution is -2.33. The molecule has 0 aromatic heterocycles. The fraction of sp³-hybridized carbons (Fsp3) is 0.273. The quantitative estimate of drug-likeness (QED) is 0.761. The first kappa shape index (κ1) is 18.7. The van der Waals surface area contributed by atoms with Gasteiger partial charge < -0.3 is 14.8 Å². The molecule has 1 aliphatic heterocycles. The molecule has 3 rings (SSSR count). The Morgan fingerprint density at radius 1 is 1.11 bits per heavy atom. The van der Waals surface area contributed by atoms with Crippen molar-refractivity contribution in [2.24, 2.45) is 0 Å². The van der Waals surface area contributed by atoms with Crippen LogP contribution in [0, 0.1) is 0 Å². The first-order valence-electron chi connectivity index (χ1n) is 9.11. The first-order chi connectivity index (χ1) is 13.2. The summed E-state index contributed by atoms with van der Waals surface area (Å²) in [4.78, 5) is 24.5. The summed E-state index contributed by atoms with van der Waals surface area (Å²) < 4.78 is 10.7. The summed E-state index contributed by atoms with van der Waals surface area (Å²) >= 11 is 0. The standard InChI is InChI=1S/C22H23NO4/c1-2-8-19(16-9-4-3-5-10-16)23-21(24)15-27-22(25)18-13-17-11-6-7-12-20(17)26-14-18/h3-7,9-13,19H,2,8,14-15H2,1H3,(H,23,24)/t19-/m0/s1. The second-order valence-corrected chi connectivity index (χ2v) is 6.39. The Bertz CT molecular complexity index is 829. The number of para-hydroxylation sites is 1. The lowest BCUT2D eigenvalue weighted by Gasteiger charge is -2.19. The molecule has 0 saturated heterocycles. The summed E-state index contributed by atoms with van der Waals surface area (Å²) in [5.74, 6) is -0.119. The molecule has 140 valence electrons. The highest BCUT2D eigenvalue weighted by molar-refractivity contribution is 5.96. The van der Waals surface area contributed by atoms with E-state index < -0.39 is 5.97 Å². The molecule has 0 bridgehead atoms. The maximum atomic E-state index is 12.2. The van der Waals surface area contributed by atoms with Crippen molar-refractivity contribution >= 4 is 18.0 Å². The van der Waals surface area contributed by atoms with Crippen LogP contribution in [0.1, 0.15) is 36.9 Å². The first-order valence-corrected chi connectivity index (χ1v) is 9.11. The van der Waals surface area contributed by atoms with Crippen LogP contribution in [0.4, 0.5) is 0 Å². The van der Waals surface area contributed by atoms with Gasteiger partial charge in [0.15, 0.2) is 6.61 Å². The van der Waals surface area contributed by atoms with Crippen molar-refractivity contribution in [1.29, 1.82) is 0 Å². The summed E-state index contributed by atoms with van der Waals surface area (Å²) in [5.41, 5.74) is 2.26. The van der Waals surface area contributed by atoms with Gasteiger partial charge in [-0.05, 0) is 24.1 Å². The Morgan fingerprint density at radius 3 is 2.63 bits per heavy atom. The maximum absolute atomic E-state index is 12.2. The van der Waals surface area contributed by atoms with Crippen molar-refractivity contribution in [3.63, 3.8) is 0 Å². The lowest BCUT2D eigenvalue weighted by molar-refractivity contribution is -0.145. The largest absolute Gasteiger partial charge is 0.488 e. The van der Waals surface area contributed by atoms with Gasteiger partial charge in [0.1, 0.15) is 12.4 Å². The summed E-state index contributed by atoms with van der Waals surface area (Å²) in [6.07, 6.45) is 3.49. The minimum Gasteiger partial charge on any atom is -0.488 e. The van der Waals surface area contributed by atoms with Gasteiger partial charge >= 0.3 is 5.97 Å². The van der Waals surface area contributed by atoms with Crippen molar-refractivity contribution in [1.82, 2.24) is 5.32 Å². The molecule has 27 heavy (non-hydrogen) atoms. The number of nitrogens with one attached hydrogen (secondary N) is 1. The molecule has 0 saturated carbocycles. The van der Waals surface area contributed by atoms with Gasteiger partial charge in [-0.25, -0.2) is 4.79 Å². The van der Waals surface area contributed by atoms with Crippen molar-refractivity contribution in [3.8, 4) is 5.75 Å². The van der Waals surface area contributed by atoms with E-state index in [1.54, 1.807) is 6.08 Å². The summed E-state index contributed by atoms with van der Waals surface area (Å²) in [6, 6.07) is 17.2. The third-order valence-electron chi connectivity index (χ3n) is 4.34. The van der Waals surface area contributed by atoms with E-state index in [-0.39, 0.29) is 25.2 Å². The Balaban J connectivity index is 1.55. The Kier molecular flexibility index (Phi) is 6.26. The monoisotopic (exact) mass is 365 g/mol. The number of carbonyl (C=O) groups excluding carboxylic acids is 2. The number of amides is 1. The van der Waals surface area contributed by atoms with E-state index in [1.807, 2.05) is 54.6 Å². The number of benzene rings is 2. The molecule has 2 aromatic rings. The molecule has 5 nitrogen and oxygen atoms in total. The van der Waals surface area contributed by atoms with Gasteiger partial charge in [0.2, 0.25) is 0 Å². The molecular weight excluding hydrogens is 342 g/mol. The minimum atomic E-state index is -0.536. The normalized spacial score (nSPS) is 13.6. The van der Waals surface area contributed by atoms with Gasteiger partial charge in [0, 0.05) is 5.56 Å². The number of hydrogen-bond donors (Lipinski definition) is 1. The molecule has 0 fully saturated rings. The van der Waals surface area contributed by atoms with Crippen LogP contribution in [0.3, 0.4) is 0 Å². The molecule has 0 aliphatic carbocycles.